The van der Waals surface area contributed by atoms with Crippen LogP contribution in [-0.4, -0.2) is 36.5 Å². The second-order valence-corrected chi connectivity index (χ2v) is 5.35. The van der Waals surface area contributed by atoms with E-state index in [4.69, 9.17) is 10.5 Å². The van der Waals surface area contributed by atoms with Gasteiger partial charge in [-0.3, -0.25) is 4.79 Å². The van der Waals surface area contributed by atoms with E-state index in [9.17, 15) is 9.18 Å². The number of halogens is 2. The Kier molecular flexibility index (Phi) is 6.92. The number of nitrogens with zero attached hydrogens (tertiary/aromatic N) is 1. The van der Waals surface area contributed by atoms with Crippen LogP contribution < -0.4 is 10.5 Å². The summed E-state index contributed by atoms with van der Waals surface area (Å²) in [6, 6.07) is 5.88. The number of ether oxygens (including phenoxy) is 1. The maximum Gasteiger partial charge on any atom is 0.260 e. The smallest absolute Gasteiger partial charge is 0.260 e. The molecule has 4 nitrogen and oxygen atoms in total. The van der Waals surface area contributed by atoms with Crippen molar-refractivity contribution >= 4 is 18.3 Å². The van der Waals surface area contributed by atoms with Gasteiger partial charge in [0.25, 0.3) is 5.91 Å². The first-order chi connectivity index (χ1) is 9.60. The van der Waals surface area contributed by atoms with Gasteiger partial charge in [0.1, 0.15) is 11.6 Å². The van der Waals surface area contributed by atoms with Gasteiger partial charge in [-0.25, -0.2) is 4.39 Å². The van der Waals surface area contributed by atoms with E-state index in [1.54, 1.807) is 17.0 Å². The maximum absolute atomic E-state index is 13.0. The van der Waals surface area contributed by atoms with Gasteiger partial charge in [0.15, 0.2) is 6.61 Å². The van der Waals surface area contributed by atoms with E-state index in [1.807, 2.05) is 0 Å². The third-order valence-electron chi connectivity index (χ3n) is 3.73. The first kappa shape index (κ1) is 17.7. The summed E-state index contributed by atoms with van der Waals surface area (Å²) in [7, 11) is 0. The van der Waals surface area contributed by atoms with Gasteiger partial charge in [-0.1, -0.05) is 13.0 Å². The Morgan fingerprint density at radius 3 is 2.95 bits per heavy atom. The molecule has 0 radical (unpaired) electrons. The molecule has 1 amide bonds. The van der Waals surface area contributed by atoms with Crippen LogP contribution in [0.5, 0.6) is 5.75 Å². The van der Waals surface area contributed by atoms with Gasteiger partial charge in [-0.05, 0) is 30.9 Å². The number of benzene rings is 1. The Labute approximate surface area is 130 Å². The molecular formula is C15H22ClFN2O2. The Hall–Kier alpha value is -1.33. The van der Waals surface area contributed by atoms with Gasteiger partial charge in [0.2, 0.25) is 0 Å². The molecule has 0 aliphatic carbocycles. The summed E-state index contributed by atoms with van der Waals surface area (Å²) in [6.45, 7) is 3.28. The summed E-state index contributed by atoms with van der Waals surface area (Å²) in [5.41, 5.74) is 5.74. The van der Waals surface area contributed by atoms with Crippen LogP contribution in [-0.2, 0) is 4.79 Å². The summed E-state index contributed by atoms with van der Waals surface area (Å²) in [5.74, 6) is 0.503. The molecule has 21 heavy (non-hydrogen) atoms. The summed E-state index contributed by atoms with van der Waals surface area (Å²) in [5, 5.41) is 0. The molecule has 0 spiro atoms. The molecule has 1 fully saturated rings. The van der Waals surface area contributed by atoms with E-state index in [1.165, 1.54) is 12.1 Å². The minimum atomic E-state index is -0.374. The average molecular weight is 317 g/mol. The Morgan fingerprint density at radius 2 is 2.29 bits per heavy atom. The van der Waals surface area contributed by atoms with Gasteiger partial charge >= 0.3 is 0 Å². The standard InChI is InChI=1S/C15H21FN2O2.ClH/c1-11-5-6-18(13(7-11)9-17)15(19)10-20-14-4-2-3-12(16)8-14;/h2-4,8,11,13H,5-7,9-10,17H2,1H3;1H. The number of rotatable bonds is 4. The van der Waals surface area contributed by atoms with E-state index in [-0.39, 0.29) is 36.8 Å². The van der Waals surface area contributed by atoms with E-state index in [0.717, 1.165) is 12.8 Å². The summed E-state index contributed by atoms with van der Waals surface area (Å²) in [4.78, 5) is 14.0. The summed E-state index contributed by atoms with van der Waals surface area (Å²) >= 11 is 0. The highest BCUT2D eigenvalue weighted by atomic mass is 35.5. The van der Waals surface area contributed by atoms with Gasteiger partial charge < -0.3 is 15.4 Å². The second-order valence-electron chi connectivity index (χ2n) is 5.35. The first-order valence-corrected chi connectivity index (χ1v) is 6.98. The second kappa shape index (κ2) is 8.20. The first-order valence-electron chi connectivity index (χ1n) is 6.98. The normalized spacial score (nSPS) is 21.6. The van der Waals surface area contributed by atoms with Crippen molar-refractivity contribution in [2.75, 3.05) is 19.7 Å². The van der Waals surface area contributed by atoms with Gasteiger partial charge in [-0.2, -0.15) is 0 Å². The van der Waals surface area contributed by atoms with Crippen LogP contribution in [0.15, 0.2) is 24.3 Å². The van der Waals surface area contributed by atoms with Gasteiger partial charge in [0, 0.05) is 25.2 Å². The van der Waals surface area contributed by atoms with Crippen LogP contribution in [0.3, 0.4) is 0 Å². The van der Waals surface area contributed by atoms with E-state index in [2.05, 4.69) is 6.92 Å². The molecule has 0 saturated carbocycles. The molecule has 1 aromatic rings. The lowest BCUT2D eigenvalue weighted by Gasteiger charge is -2.37. The fourth-order valence-electron chi connectivity index (χ4n) is 2.59. The molecule has 0 aromatic heterocycles. The topological polar surface area (TPSA) is 55.6 Å². The Bertz CT molecular complexity index is 473. The number of hydrogen-bond donors (Lipinski definition) is 1. The van der Waals surface area contributed by atoms with E-state index in [0.29, 0.717) is 24.8 Å². The monoisotopic (exact) mass is 316 g/mol. The molecule has 1 saturated heterocycles. The van der Waals surface area contributed by atoms with E-state index >= 15 is 0 Å². The van der Waals surface area contributed by atoms with Crippen LogP contribution in [0.2, 0.25) is 0 Å². The van der Waals surface area contributed by atoms with Gasteiger partial charge in [0.05, 0.1) is 0 Å². The molecule has 1 aromatic carbocycles. The number of carbonyl (C=O) groups excluding carboxylic acids is 1. The van der Waals surface area contributed by atoms with Crippen molar-refractivity contribution < 1.29 is 13.9 Å². The van der Waals surface area contributed by atoms with Crippen molar-refractivity contribution in [1.82, 2.24) is 4.90 Å². The molecular weight excluding hydrogens is 295 g/mol. The highest BCUT2D eigenvalue weighted by Gasteiger charge is 2.28. The fourth-order valence-corrected chi connectivity index (χ4v) is 2.59. The highest BCUT2D eigenvalue weighted by Crippen LogP contribution is 2.22. The number of hydrogen-bond acceptors (Lipinski definition) is 3. The number of nitrogens with two attached hydrogens (primary N) is 1. The fraction of sp³-hybridized carbons (Fsp3) is 0.533. The zero-order chi connectivity index (χ0) is 14.5. The summed E-state index contributed by atoms with van der Waals surface area (Å²) in [6.07, 6.45) is 1.92. The lowest BCUT2D eigenvalue weighted by molar-refractivity contribution is -0.137. The van der Waals surface area contributed by atoms with Crippen molar-refractivity contribution in [1.29, 1.82) is 0 Å². The predicted octanol–water partition coefficient (Wildman–Crippen LogP) is 2.21. The molecule has 2 unspecified atom stereocenters. The minimum absolute atomic E-state index is 0. The van der Waals surface area contributed by atoms with Crippen molar-refractivity contribution in [3.05, 3.63) is 30.1 Å². The van der Waals surface area contributed by atoms with Crippen molar-refractivity contribution in [3.63, 3.8) is 0 Å². The largest absolute Gasteiger partial charge is 0.484 e. The lowest BCUT2D eigenvalue weighted by atomic mass is 9.92. The molecule has 6 heteroatoms. The third-order valence-corrected chi connectivity index (χ3v) is 3.73. The van der Waals surface area contributed by atoms with Gasteiger partial charge in [-0.15, -0.1) is 12.4 Å². The molecule has 118 valence electrons. The zero-order valence-electron chi connectivity index (χ0n) is 12.1. The number of carbonyl (C=O) groups is 1. The average Bonchev–Trinajstić information content (AvgIpc) is 2.44. The molecule has 2 atom stereocenters. The molecule has 1 aliphatic heterocycles. The predicted molar refractivity (Wildman–Crippen MR) is 82.1 cm³/mol. The van der Waals surface area contributed by atoms with Crippen LogP contribution in [0.25, 0.3) is 0 Å². The highest BCUT2D eigenvalue weighted by molar-refractivity contribution is 5.85. The molecule has 2 N–H and O–H groups in total. The van der Waals surface area contributed by atoms with Crippen molar-refractivity contribution in [3.8, 4) is 5.75 Å². The molecule has 0 bridgehead atoms. The van der Waals surface area contributed by atoms with Crippen LogP contribution in [0.4, 0.5) is 4.39 Å². The van der Waals surface area contributed by atoms with E-state index < -0.39 is 0 Å². The Morgan fingerprint density at radius 1 is 1.52 bits per heavy atom. The summed E-state index contributed by atoms with van der Waals surface area (Å²) < 4.78 is 18.4. The number of likely N-dealkylation sites (tertiary alicyclic amines) is 1. The molecule has 2 rings (SSSR count). The van der Waals surface area contributed by atoms with Crippen LogP contribution >= 0.6 is 12.4 Å². The molecule has 1 aliphatic rings. The van der Waals surface area contributed by atoms with Crippen molar-refractivity contribution in [2.45, 2.75) is 25.8 Å². The number of amides is 1. The van der Waals surface area contributed by atoms with Crippen molar-refractivity contribution in [2.24, 2.45) is 11.7 Å². The molecule has 1 heterocycles. The minimum Gasteiger partial charge on any atom is -0.484 e. The SMILES string of the molecule is CC1CCN(C(=O)COc2cccc(F)c2)C(CN)C1.Cl. The maximum atomic E-state index is 13.0. The zero-order valence-corrected chi connectivity index (χ0v) is 12.9. The lowest BCUT2D eigenvalue weighted by Crippen LogP contribution is -2.50. The van der Waals surface area contributed by atoms with Crippen LogP contribution in [0.1, 0.15) is 19.8 Å². The van der Waals surface area contributed by atoms with Crippen LogP contribution in [0, 0.1) is 11.7 Å². The number of piperidine rings is 1. The Balaban J connectivity index is 0.00000220. The third kappa shape index (κ3) is 4.86. The quantitative estimate of drug-likeness (QED) is 0.926.